The van der Waals surface area contributed by atoms with Crippen molar-refractivity contribution in [3.05, 3.63) is 65.5 Å². The van der Waals surface area contributed by atoms with Crippen LogP contribution in [0.4, 0.5) is 4.39 Å². The molecule has 25 heavy (non-hydrogen) atoms. The molecule has 1 N–H and O–H groups in total. The van der Waals surface area contributed by atoms with Gasteiger partial charge in [0.1, 0.15) is 5.82 Å². The lowest BCUT2D eigenvalue weighted by Crippen LogP contribution is -2.34. The van der Waals surface area contributed by atoms with Gasteiger partial charge >= 0.3 is 0 Å². The number of benzene rings is 2. The van der Waals surface area contributed by atoms with Crippen LogP contribution in [-0.4, -0.2) is 46.1 Å². The molecule has 0 saturated heterocycles. The Morgan fingerprint density at radius 3 is 2.32 bits per heavy atom. The Morgan fingerprint density at radius 1 is 1.16 bits per heavy atom. The van der Waals surface area contributed by atoms with E-state index in [1.54, 1.807) is 12.1 Å². The van der Waals surface area contributed by atoms with E-state index in [0.717, 1.165) is 11.8 Å². The molecule has 0 aliphatic rings. The molecule has 0 fully saturated rings. The van der Waals surface area contributed by atoms with E-state index in [9.17, 15) is 17.6 Å². The van der Waals surface area contributed by atoms with Gasteiger partial charge in [0.15, 0.2) is 9.84 Å². The molecule has 134 valence electrons. The Balaban J connectivity index is 2.09. The molecule has 1 amide bonds. The zero-order valence-corrected chi connectivity index (χ0v) is 15.2. The van der Waals surface area contributed by atoms with E-state index < -0.39 is 9.84 Å². The lowest BCUT2D eigenvalue weighted by molar-refractivity contribution is 0.0942. The van der Waals surface area contributed by atoms with Gasteiger partial charge in [-0.3, -0.25) is 4.79 Å². The number of likely N-dealkylation sites (N-methyl/N-ethyl adjacent to an activating group) is 1. The zero-order valence-electron chi connectivity index (χ0n) is 14.4. The van der Waals surface area contributed by atoms with Crippen LogP contribution in [0.3, 0.4) is 0 Å². The molecule has 1 atom stereocenters. The van der Waals surface area contributed by atoms with Gasteiger partial charge in [-0.25, -0.2) is 12.8 Å². The minimum atomic E-state index is -3.30. The molecule has 0 saturated carbocycles. The van der Waals surface area contributed by atoms with Crippen LogP contribution in [0.2, 0.25) is 0 Å². The maximum absolute atomic E-state index is 13.4. The van der Waals surface area contributed by atoms with Crippen molar-refractivity contribution >= 4 is 15.7 Å². The highest BCUT2D eigenvalue weighted by molar-refractivity contribution is 7.90. The highest BCUT2D eigenvalue weighted by atomic mass is 32.2. The normalized spacial score (nSPS) is 12.8. The monoisotopic (exact) mass is 364 g/mol. The molecule has 2 aromatic carbocycles. The predicted molar refractivity (Wildman–Crippen MR) is 94.7 cm³/mol. The summed E-state index contributed by atoms with van der Waals surface area (Å²) >= 11 is 0. The first-order valence-corrected chi connectivity index (χ1v) is 9.58. The zero-order chi connectivity index (χ0) is 18.6. The van der Waals surface area contributed by atoms with Crippen LogP contribution in [0.5, 0.6) is 0 Å². The number of nitrogens with one attached hydrogen (secondary N) is 1. The number of carbonyl (C=O) groups is 1. The van der Waals surface area contributed by atoms with Crippen molar-refractivity contribution < 1.29 is 17.6 Å². The van der Waals surface area contributed by atoms with Gasteiger partial charge < -0.3 is 10.2 Å². The van der Waals surface area contributed by atoms with Crippen LogP contribution >= 0.6 is 0 Å². The second kappa shape index (κ2) is 7.76. The number of sulfone groups is 1. The van der Waals surface area contributed by atoms with E-state index in [1.165, 1.54) is 36.4 Å². The third-order valence-electron chi connectivity index (χ3n) is 3.86. The van der Waals surface area contributed by atoms with Gasteiger partial charge in [0.2, 0.25) is 0 Å². The summed E-state index contributed by atoms with van der Waals surface area (Å²) in [6.07, 6.45) is 1.11. The molecular formula is C18H21FN2O3S. The Morgan fingerprint density at radius 2 is 1.80 bits per heavy atom. The second-order valence-electron chi connectivity index (χ2n) is 6.04. The first-order valence-electron chi connectivity index (χ1n) is 7.68. The lowest BCUT2D eigenvalue weighted by Gasteiger charge is -2.25. The van der Waals surface area contributed by atoms with Crippen LogP contribution in [0.25, 0.3) is 0 Å². The van der Waals surface area contributed by atoms with E-state index in [2.05, 4.69) is 5.32 Å². The molecule has 0 aliphatic heterocycles. The average molecular weight is 364 g/mol. The van der Waals surface area contributed by atoms with Gasteiger partial charge in [-0.1, -0.05) is 12.1 Å². The van der Waals surface area contributed by atoms with Gasteiger partial charge in [-0.05, 0) is 56.1 Å². The van der Waals surface area contributed by atoms with Crippen molar-refractivity contribution in [2.24, 2.45) is 0 Å². The lowest BCUT2D eigenvalue weighted by atomic mass is 10.1. The van der Waals surface area contributed by atoms with Gasteiger partial charge in [0.25, 0.3) is 5.91 Å². The molecule has 0 bridgehead atoms. The van der Waals surface area contributed by atoms with Crippen LogP contribution in [0.1, 0.15) is 22.0 Å². The SMILES string of the molecule is CN(C)C(CNC(=O)c1ccc(S(C)(=O)=O)cc1)c1cccc(F)c1. The van der Waals surface area contributed by atoms with Crippen LogP contribution < -0.4 is 5.32 Å². The molecule has 2 rings (SSSR count). The number of halogens is 1. The fourth-order valence-electron chi connectivity index (χ4n) is 2.46. The highest BCUT2D eigenvalue weighted by Gasteiger charge is 2.17. The molecule has 0 heterocycles. The smallest absolute Gasteiger partial charge is 0.251 e. The largest absolute Gasteiger partial charge is 0.350 e. The molecule has 2 aromatic rings. The number of nitrogens with zero attached hydrogens (tertiary/aromatic N) is 1. The van der Waals surface area contributed by atoms with Crippen molar-refractivity contribution in [2.75, 3.05) is 26.9 Å². The number of amides is 1. The Kier molecular flexibility index (Phi) is 5.92. The summed E-state index contributed by atoms with van der Waals surface area (Å²) in [4.78, 5) is 14.3. The van der Waals surface area contributed by atoms with Gasteiger partial charge in [0.05, 0.1) is 10.9 Å². The number of rotatable bonds is 6. The molecule has 1 unspecified atom stereocenters. The molecule has 0 aromatic heterocycles. The first-order chi connectivity index (χ1) is 11.7. The summed E-state index contributed by atoms with van der Waals surface area (Å²) in [5.74, 6) is -0.643. The van der Waals surface area contributed by atoms with Crippen LogP contribution in [0.15, 0.2) is 53.4 Å². The molecule has 0 radical (unpaired) electrons. The fourth-order valence-corrected chi connectivity index (χ4v) is 3.09. The molecule has 5 nitrogen and oxygen atoms in total. The van der Waals surface area contributed by atoms with Crippen LogP contribution in [-0.2, 0) is 9.84 Å². The van der Waals surface area contributed by atoms with Crippen molar-refractivity contribution in [2.45, 2.75) is 10.9 Å². The molecular weight excluding hydrogens is 343 g/mol. The number of carbonyl (C=O) groups excluding carboxylic acids is 1. The van der Waals surface area contributed by atoms with Crippen molar-refractivity contribution in [3.63, 3.8) is 0 Å². The molecule has 7 heteroatoms. The molecule has 0 spiro atoms. The first kappa shape index (κ1) is 19.1. The maximum atomic E-state index is 13.4. The highest BCUT2D eigenvalue weighted by Crippen LogP contribution is 2.18. The summed E-state index contributed by atoms with van der Waals surface area (Å²) in [6.45, 7) is 0.295. The Labute approximate surface area is 147 Å². The summed E-state index contributed by atoms with van der Waals surface area (Å²) in [6, 6.07) is 11.8. The van der Waals surface area contributed by atoms with Gasteiger partial charge in [-0.15, -0.1) is 0 Å². The molecule has 0 aliphatic carbocycles. The fraction of sp³-hybridized carbons (Fsp3) is 0.278. The van der Waals surface area contributed by atoms with E-state index in [-0.39, 0.29) is 22.7 Å². The Hall–Kier alpha value is -2.25. The summed E-state index contributed by atoms with van der Waals surface area (Å²) < 4.78 is 36.3. The average Bonchev–Trinajstić information content (AvgIpc) is 2.54. The van der Waals surface area contributed by atoms with Gasteiger partial charge in [-0.2, -0.15) is 0 Å². The standard InChI is InChI=1S/C18H21FN2O3S/c1-21(2)17(14-5-4-6-15(19)11-14)12-20-18(22)13-7-9-16(10-8-13)25(3,23)24/h4-11,17H,12H2,1-3H3,(H,20,22). The summed E-state index contributed by atoms with van der Waals surface area (Å²) in [7, 11) is 0.403. The quantitative estimate of drug-likeness (QED) is 0.854. The second-order valence-corrected chi connectivity index (χ2v) is 8.06. The van der Waals surface area contributed by atoms with E-state index in [4.69, 9.17) is 0 Å². The van der Waals surface area contributed by atoms with Gasteiger partial charge in [0, 0.05) is 18.4 Å². The summed E-state index contributed by atoms with van der Waals surface area (Å²) in [5.41, 5.74) is 1.13. The minimum Gasteiger partial charge on any atom is -0.350 e. The van der Waals surface area contributed by atoms with E-state index in [1.807, 2.05) is 19.0 Å². The third kappa shape index (κ3) is 5.11. The van der Waals surface area contributed by atoms with E-state index in [0.29, 0.717) is 12.1 Å². The minimum absolute atomic E-state index is 0.162. The van der Waals surface area contributed by atoms with E-state index >= 15 is 0 Å². The summed E-state index contributed by atoms with van der Waals surface area (Å²) in [5, 5.41) is 2.80. The van der Waals surface area contributed by atoms with Crippen molar-refractivity contribution in [3.8, 4) is 0 Å². The Bertz CT molecular complexity index is 849. The van der Waals surface area contributed by atoms with Crippen LogP contribution in [0, 0.1) is 5.82 Å². The number of hydrogen-bond donors (Lipinski definition) is 1. The van der Waals surface area contributed by atoms with Crippen molar-refractivity contribution in [1.29, 1.82) is 0 Å². The maximum Gasteiger partial charge on any atom is 0.251 e. The topological polar surface area (TPSA) is 66.5 Å². The predicted octanol–water partition coefficient (Wildman–Crippen LogP) is 2.26. The number of hydrogen-bond acceptors (Lipinski definition) is 4. The third-order valence-corrected chi connectivity index (χ3v) is 4.99. The van der Waals surface area contributed by atoms with Crippen molar-refractivity contribution in [1.82, 2.24) is 10.2 Å².